The molecule has 0 bridgehead atoms. The summed E-state index contributed by atoms with van der Waals surface area (Å²) in [4.78, 5) is 60.9. The van der Waals surface area contributed by atoms with Crippen molar-refractivity contribution < 1.29 is 77.1 Å². The average Bonchev–Trinajstić information content (AvgIpc) is 3.10. The molecule has 0 aliphatic rings. The summed E-state index contributed by atoms with van der Waals surface area (Å²) in [6.07, 6.45) is 21.1. The highest BCUT2D eigenvalue weighted by molar-refractivity contribution is 5.79. The van der Waals surface area contributed by atoms with Crippen molar-refractivity contribution in [2.45, 2.75) is 174 Å². The summed E-state index contributed by atoms with van der Waals surface area (Å²) in [6.45, 7) is 8.86. The Hall–Kier alpha value is -2.45. The lowest BCUT2D eigenvalue weighted by molar-refractivity contribution is -0.883. The van der Waals surface area contributed by atoms with E-state index in [1.807, 2.05) is 34.3 Å². The number of allylic oxidation sites excluding steroid dienone is 1. The molecule has 15 heteroatoms. The summed E-state index contributed by atoms with van der Waals surface area (Å²) in [6, 6.07) is 0. The Balaban J connectivity index is -0.0000157. The molecular weight excluding hydrogens is 799 g/mol. The zero-order valence-electron chi connectivity index (χ0n) is 38.1. The summed E-state index contributed by atoms with van der Waals surface area (Å²) in [5, 5.41) is 17.0. The van der Waals surface area contributed by atoms with Crippen LogP contribution >= 0.6 is 0 Å². The first kappa shape index (κ1) is 60.9. The number of hydrogen-bond donors (Lipinski definition) is 3. The molecule has 3 atom stereocenters. The number of carbonyl (C=O) groups is 5. The molecule has 3 unspecified atom stereocenters. The molecule has 13 nitrogen and oxygen atoms in total. The number of ether oxygens (including phenoxy) is 3. The topological polar surface area (TPSA) is 157 Å². The van der Waals surface area contributed by atoms with Crippen LogP contribution in [0.15, 0.2) is 12.2 Å². The molecule has 0 saturated carbocycles. The minimum absolute atomic E-state index is 0. The molecule has 3 N–H and O–H groups in total. The van der Waals surface area contributed by atoms with Crippen molar-refractivity contribution in [1.82, 2.24) is 10.6 Å². The van der Waals surface area contributed by atoms with E-state index in [2.05, 4.69) is 30.6 Å². The SMILES string of the molecule is CCCCCCCCCC(NC(=O)CCCCCCC/C=C\CC(O)C(CCCCC)OC(=O)C[N+](C)(C)CCOC(C)=O)NC(=O)C[N+](C)(C)CCOC(C)=O.[Cl-].[Cl-]. The van der Waals surface area contributed by atoms with Gasteiger partial charge < -0.3 is 63.7 Å². The second-order valence-corrected chi connectivity index (χ2v) is 17.0. The Morgan fingerprint density at radius 1 is 0.610 bits per heavy atom. The number of hydrogen-bond acceptors (Lipinski definition) is 9. The Bertz CT molecular complexity index is 1160. The van der Waals surface area contributed by atoms with Crippen LogP contribution in [0.25, 0.3) is 0 Å². The average molecular weight is 884 g/mol. The fourth-order valence-electron chi connectivity index (χ4n) is 6.48. The molecule has 0 aromatic carbocycles. The number of nitrogens with zero attached hydrogens (tertiary/aromatic N) is 2. The van der Waals surface area contributed by atoms with Gasteiger partial charge in [0.25, 0.3) is 5.91 Å². The van der Waals surface area contributed by atoms with Crippen LogP contribution in [0.3, 0.4) is 0 Å². The van der Waals surface area contributed by atoms with E-state index in [-0.39, 0.29) is 80.8 Å². The zero-order chi connectivity index (χ0) is 43.0. The van der Waals surface area contributed by atoms with Crippen LogP contribution in [-0.2, 0) is 38.2 Å². The minimum atomic E-state index is -0.780. The molecule has 0 aliphatic carbocycles. The highest BCUT2D eigenvalue weighted by atomic mass is 35.5. The molecule has 2 amide bonds. The van der Waals surface area contributed by atoms with Gasteiger partial charge in [0.1, 0.15) is 38.6 Å². The Morgan fingerprint density at radius 2 is 1.08 bits per heavy atom. The van der Waals surface area contributed by atoms with Crippen LogP contribution in [0, 0.1) is 0 Å². The van der Waals surface area contributed by atoms with E-state index in [4.69, 9.17) is 14.2 Å². The number of unbranched alkanes of at least 4 members (excludes halogenated alkanes) is 13. The number of likely N-dealkylation sites (N-methyl/N-ethyl adjacent to an activating group) is 2. The van der Waals surface area contributed by atoms with E-state index in [1.54, 1.807) is 0 Å². The predicted octanol–water partition coefficient (Wildman–Crippen LogP) is 0.503. The molecule has 0 aromatic heterocycles. The molecule has 0 radical (unpaired) electrons. The van der Waals surface area contributed by atoms with Gasteiger partial charge in [0.15, 0.2) is 13.1 Å². The third kappa shape index (κ3) is 38.2. The van der Waals surface area contributed by atoms with Crippen LogP contribution in [0.4, 0.5) is 0 Å². The second-order valence-electron chi connectivity index (χ2n) is 17.0. The van der Waals surface area contributed by atoms with Crippen molar-refractivity contribution in [3.05, 3.63) is 12.2 Å². The van der Waals surface area contributed by atoms with Crippen molar-refractivity contribution in [2.75, 3.05) is 67.6 Å². The molecular formula is C44H84Cl2N4O9. The Morgan fingerprint density at radius 3 is 1.66 bits per heavy atom. The lowest BCUT2D eigenvalue weighted by atomic mass is 10.0. The fraction of sp³-hybridized carbons (Fsp3) is 0.841. The quantitative estimate of drug-likeness (QED) is 0.0204. The van der Waals surface area contributed by atoms with Crippen LogP contribution in [0.5, 0.6) is 0 Å². The normalized spacial score (nSPS) is 13.0. The van der Waals surface area contributed by atoms with Gasteiger partial charge in [-0.2, -0.15) is 0 Å². The van der Waals surface area contributed by atoms with Gasteiger partial charge in [-0.1, -0.05) is 96.6 Å². The van der Waals surface area contributed by atoms with Crippen molar-refractivity contribution in [3.63, 3.8) is 0 Å². The number of aliphatic hydroxyl groups excluding tert-OH is 1. The molecule has 0 aliphatic heterocycles. The van der Waals surface area contributed by atoms with Crippen molar-refractivity contribution in [3.8, 4) is 0 Å². The highest BCUT2D eigenvalue weighted by Crippen LogP contribution is 2.16. The number of esters is 3. The smallest absolute Gasteiger partial charge is 0.362 e. The molecule has 59 heavy (non-hydrogen) atoms. The van der Waals surface area contributed by atoms with Crippen molar-refractivity contribution >= 4 is 29.7 Å². The lowest BCUT2D eigenvalue weighted by Crippen LogP contribution is -3.00. The maximum Gasteiger partial charge on any atom is 0.362 e. The van der Waals surface area contributed by atoms with Crippen LogP contribution < -0.4 is 35.4 Å². The van der Waals surface area contributed by atoms with Crippen LogP contribution in [-0.4, -0.2) is 130 Å². The van der Waals surface area contributed by atoms with E-state index in [9.17, 15) is 29.1 Å². The summed E-state index contributed by atoms with van der Waals surface area (Å²) in [5.41, 5.74) is 0. The number of rotatable bonds is 36. The molecule has 0 spiro atoms. The minimum Gasteiger partial charge on any atom is -1.00 e. The first-order chi connectivity index (χ1) is 27.0. The highest BCUT2D eigenvalue weighted by Gasteiger charge is 2.27. The Labute approximate surface area is 370 Å². The molecule has 0 rings (SSSR count). The van der Waals surface area contributed by atoms with Gasteiger partial charge in [-0.15, -0.1) is 0 Å². The third-order valence-electron chi connectivity index (χ3n) is 10.0. The molecule has 0 heterocycles. The number of amides is 2. The molecule has 0 saturated heterocycles. The summed E-state index contributed by atoms with van der Waals surface area (Å²) < 4.78 is 16.5. The van der Waals surface area contributed by atoms with Crippen LogP contribution in [0.2, 0.25) is 0 Å². The van der Waals surface area contributed by atoms with Gasteiger partial charge >= 0.3 is 17.9 Å². The van der Waals surface area contributed by atoms with E-state index in [0.29, 0.717) is 47.7 Å². The van der Waals surface area contributed by atoms with Gasteiger partial charge in [-0.3, -0.25) is 19.2 Å². The van der Waals surface area contributed by atoms with Gasteiger partial charge in [-0.05, 0) is 51.4 Å². The van der Waals surface area contributed by atoms with E-state index in [1.165, 1.54) is 39.5 Å². The van der Waals surface area contributed by atoms with Crippen LogP contribution in [0.1, 0.15) is 156 Å². The zero-order valence-corrected chi connectivity index (χ0v) is 39.6. The number of aliphatic hydroxyl groups is 1. The fourth-order valence-corrected chi connectivity index (χ4v) is 6.48. The van der Waals surface area contributed by atoms with E-state index < -0.39 is 18.4 Å². The monoisotopic (exact) mass is 883 g/mol. The first-order valence-electron chi connectivity index (χ1n) is 22.0. The molecule has 0 fully saturated rings. The molecule has 348 valence electrons. The number of carbonyl (C=O) groups excluding carboxylic acids is 5. The first-order valence-corrected chi connectivity index (χ1v) is 22.0. The summed E-state index contributed by atoms with van der Waals surface area (Å²) in [7, 11) is 7.60. The maximum atomic E-state index is 13.0. The van der Waals surface area contributed by atoms with Gasteiger partial charge in [-0.25, -0.2) is 4.79 Å². The van der Waals surface area contributed by atoms with Crippen molar-refractivity contribution in [1.29, 1.82) is 0 Å². The van der Waals surface area contributed by atoms with Gasteiger partial charge in [0.05, 0.1) is 34.3 Å². The van der Waals surface area contributed by atoms with Gasteiger partial charge in [0.2, 0.25) is 5.91 Å². The predicted molar refractivity (Wildman–Crippen MR) is 226 cm³/mol. The summed E-state index contributed by atoms with van der Waals surface area (Å²) in [5.74, 6) is -1.25. The number of quaternary nitrogens is 2. The van der Waals surface area contributed by atoms with E-state index in [0.717, 1.165) is 77.0 Å². The van der Waals surface area contributed by atoms with Gasteiger partial charge in [0, 0.05) is 20.3 Å². The number of nitrogens with one attached hydrogen (secondary N) is 2. The standard InChI is InChI=1S/C44H82N4O9.2ClH/c1-9-11-13-14-17-21-25-29-41(46-43(53)35-47(5,6)31-33-55-37(3)49)45-42(52)30-26-22-19-16-15-18-20-24-27-39(51)40(28-23-12-10-2)57-44(54)36-48(7,8)32-34-56-38(4)50;;/h20,24,39-41,51H,9-19,21-23,25-36H2,1-8H3;2*1H/b24-20-;;. The van der Waals surface area contributed by atoms with E-state index >= 15 is 0 Å². The lowest BCUT2D eigenvalue weighted by Gasteiger charge is -2.30. The van der Waals surface area contributed by atoms with Crippen molar-refractivity contribution in [2.24, 2.45) is 0 Å². The maximum absolute atomic E-state index is 13.0. The second kappa shape index (κ2) is 37.3. The largest absolute Gasteiger partial charge is 1.00 e. The number of halogens is 2. The summed E-state index contributed by atoms with van der Waals surface area (Å²) >= 11 is 0. The third-order valence-corrected chi connectivity index (χ3v) is 10.0. The molecule has 0 aromatic rings. The Kier molecular flexibility index (Phi) is 38.5.